The van der Waals surface area contributed by atoms with Crippen LogP contribution >= 0.6 is 15.9 Å². The molecule has 0 spiro atoms. The van der Waals surface area contributed by atoms with Crippen LogP contribution in [0.2, 0.25) is 0 Å². The topological polar surface area (TPSA) is 59.3 Å². The van der Waals surface area contributed by atoms with Gasteiger partial charge in [0.2, 0.25) is 0 Å². The van der Waals surface area contributed by atoms with Crippen molar-refractivity contribution in [2.45, 2.75) is 0 Å². The molecule has 4 nitrogen and oxygen atoms in total. The molecular weight excluding hydrogens is 298 g/mol. The monoisotopic (exact) mass is 307 g/mol. The summed E-state index contributed by atoms with van der Waals surface area (Å²) in [7, 11) is 1.56. The number of pyridine rings is 1. The van der Waals surface area contributed by atoms with Gasteiger partial charge in [-0.05, 0) is 29.8 Å². The van der Waals surface area contributed by atoms with E-state index in [0.717, 1.165) is 10.0 Å². The first-order chi connectivity index (χ1) is 8.50. The molecule has 0 saturated carbocycles. The summed E-state index contributed by atoms with van der Waals surface area (Å²) in [5.41, 5.74) is 0.800. The molecule has 0 bridgehead atoms. The highest BCUT2D eigenvalue weighted by atomic mass is 79.9. The van der Waals surface area contributed by atoms with Crippen molar-refractivity contribution in [3.63, 3.8) is 0 Å². The van der Waals surface area contributed by atoms with Crippen molar-refractivity contribution >= 4 is 21.9 Å². The van der Waals surface area contributed by atoms with Crippen molar-refractivity contribution in [1.29, 1.82) is 0 Å². The number of aromatic nitrogens is 1. The molecule has 1 aromatic heterocycles. The smallest absolute Gasteiger partial charge is 0.341 e. The Morgan fingerprint density at radius 3 is 2.33 bits per heavy atom. The van der Waals surface area contributed by atoms with Crippen molar-refractivity contribution in [3.8, 4) is 11.3 Å². The summed E-state index contributed by atoms with van der Waals surface area (Å²) in [4.78, 5) is 22.7. The van der Waals surface area contributed by atoms with Crippen molar-refractivity contribution < 1.29 is 9.90 Å². The normalized spacial score (nSPS) is 10.3. The van der Waals surface area contributed by atoms with Gasteiger partial charge in [0, 0.05) is 11.5 Å². The Kier molecular flexibility index (Phi) is 3.34. The number of benzene rings is 1. The van der Waals surface area contributed by atoms with E-state index in [9.17, 15) is 9.59 Å². The molecule has 1 N–H and O–H groups in total. The lowest BCUT2D eigenvalue weighted by Crippen LogP contribution is -2.25. The molecule has 92 valence electrons. The third-order valence-corrected chi connectivity index (χ3v) is 3.20. The average Bonchev–Trinajstić information content (AvgIpc) is 2.33. The van der Waals surface area contributed by atoms with Gasteiger partial charge in [-0.1, -0.05) is 28.1 Å². The standard InChI is InChI=1S/C13H10BrNO3/c1-15-11(8-2-4-9(14)5-3-8)7-6-10(12(15)16)13(17)18/h2-7H,1H3,(H,17,18). The number of rotatable bonds is 2. The Balaban J connectivity index is 2.61. The fourth-order valence-corrected chi connectivity index (χ4v) is 1.97. The molecular formula is C13H10BrNO3. The zero-order valence-electron chi connectivity index (χ0n) is 9.55. The fourth-order valence-electron chi connectivity index (χ4n) is 1.71. The summed E-state index contributed by atoms with van der Waals surface area (Å²) in [5.74, 6) is -1.21. The molecule has 0 unspecified atom stereocenters. The molecule has 1 aromatic carbocycles. The van der Waals surface area contributed by atoms with Crippen LogP contribution in [-0.4, -0.2) is 15.6 Å². The van der Waals surface area contributed by atoms with E-state index >= 15 is 0 Å². The van der Waals surface area contributed by atoms with E-state index in [4.69, 9.17) is 5.11 Å². The molecule has 0 aliphatic heterocycles. The minimum absolute atomic E-state index is 0.224. The number of nitrogens with zero attached hydrogens (tertiary/aromatic N) is 1. The first-order valence-corrected chi connectivity index (χ1v) is 5.99. The number of carboxylic acid groups (broad SMARTS) is 1. The zero-order chi connectivity index (χ0) is 13.3. The summed E-state index contributed by atoms with van der Waals surface area (Å²) in [6.07, 6.45) is 0. The molecule has 0 aliphatic rings. The highest BCUT2D eigenvalue weighted by Crippen LogP contribution is 2.20. The zero-order valence-corrected chi connectivity index (χ0v) is 11.1. The Bertz CT molecular complexity index is 659. The number of halogens is 1. The van der Waals surface area contributed by atoms with E-state index in [-0.39, 0.29) is 5.56 Å². The van der Waals surface area contributed by atoms with E-state index in [0.29, 0.717) is 5.69 Å². The number of hydrogen-bond acceptors (Lipinski definition) is 2. The van der Waals surface area contributed by atoms with E-state index in [1.807, 2.05) is 24.3 Å². The van der Waals surface area contributed by atoms with Crippen LogP contribution < -0.4 is 5.56 Å². The van der Waals surface area contributed by atoms with E-state index < -0.39 is 11.5 Å². The number of aromatic carboxylic acids is 1. The highest BCUT2D eigenvalue weighted by Gasteiger charge is 2.12. The van der Waals surface area contributed by atoms with Crippen LogP contribution in [0.15, 0.2) is 45.7 Å². The lowest BCUT2D eigenvalue weighted by atomic mass is 10.1. The van der Waals surface area contributed by atoms with Gasteiger partial charge in [0.25, 0.3) is 5.56 Å². The summed E-state index contributed by atoms with van der Waals surface area (Å²) < 4.78 is 2.28. The molecule has 0 amide bonds. The van der Waals surface area contributed by atoms with Gasteiger partial charge < -0.3 is 9.67 Å². The molecule has 1 heterocycles. The molecule has 0 atom stereocenters. The summed E-state index contributed by atoms with van der Waals surface area (Å²) >= 11 is 3.34. The Labute approximate surface area is 112 Å². The molecule has 2 aromatic rings. The van der Waals surface area contributed by atoms with Crippen LogP contribution in [0.4, 0.5) is 0 Å². The predicted octanol–water partition coefficient (Wildman–Crippen LogP) is 2.51. The molecule has 0 saturated heterocycles. The number of carboxylic acids is 1. The van der Waals surface area contributed by atoms with Gasteiger partial charge in [0.1, 0.15) is 5.56 Å². The minimum atomic E-state index is -1.21. The van der Waals surface area contributed by atoms with Crippen molar-refractivity contribution in [1.82, 2.24) is 4.57 Å². The second-order valence-electron chi connectivity index (χ2n) is 3.81. The highest BCUT2D eigenvalue weighted by molar-refractivity contribution is 9.10. The van der Waals surface area contributed by atoms with Crippen LogP contribution in [0.25, 0.3) is 11.3 Å². The summed E-state index contributed by atoms with van der Waals surface area (Å²) in [5, 5.41) is 8.87. The SMILES string of the molecule is Cn1c(-c2ccc(Br)cc2)ccc(C(=O)O)c1=O. The van der Waals surface area contributed by atoms with Crippen LogP contribution in [0.1, 0.15) is 10.4 Å². The maximum Gasteiger partial charge on any atom is 0.341 e. The van der Waals surface area contributed by atoms with Crippen LogP contribution in [0.5, 0.6) is 0 Å². The quantitative estimate of drug-likeness (QED) is 0.927. The van der Waals surface area contributed by atoms with Crippen LogP contribution in [-0.2, 0) is 7.05 Å². The van der Waals surface area contributed by atoms with Gasteiger partial charge in [-0.3, -0.25) is 4.79 Å². The van der Waals surface area contributed by atoms with Crippen LogP contribution in [0.3, 0.4) is 0 Å². The van der Waals surface area contributed by atoms with Gasteiger partial charge in [-0.2, -0.15) is 0 Å². The van der Waals surface area contributed by atoms with Crippen molar-refractivity contribution in [2.75, 3.05) is 0 Å². The van der Waals surface area contributed by atoms with Crippen molar-refractivity contribution in [3.05, 3.63) is 56.8 Å². The first kappa shape index (κ1) is 12.6. The third-order valence-electron chi connectivity index (χ3n) is 2.67. The maximum absolute atomic E-state index is 11.8. The summed E-state index contributed by atoms with van der Waals surface area (Å²) in [6, 6.07) is 10.4. The van der Waals surface area contributed by atoms with E-state index in [1.165, 1.54) is 10.6 Å². The number of hydrogen-bond donors (Lipinski definition) is 1. The third kappa shape index (κ3) is 2.22. The van der Waals surface area contributed by atoms with Crippen molar-refractivity contribution in [2.24, 2.45) is 7.05 Å². The van der Waals surface area contributed by atoms with Gasteiger partial charge in [-0.15, -0.1) is 0 Å². The van der Waals surface area contributed by atoms with E-state index in [2.05, 4.69) is 15.9 Å². The maximum atomic E-state index is 11.8. The fraction of sp³-hybridized carbons (Fsp3) is 0.0769. The second-order valence-corrected chi connectivity index (χ2v) is 4.72. The largest absolute Gasteiger partial charge is 0.477 e. The molecule has 2 rings (SSSR count). The van der Waals surface area contributed by atoms with Gasteiger partial charge >= 0.3 is 5.97 Å². The lowest BCUT2D eigenvalue weighted by Gasteiger charge is -2.09. The molecule has 18 heavy (non-hydrogen) atoms. The molecule has 0 radical (unpaired) electrons. The second kappa shape index (κ2) is 4.78. The molecule has 0 fully saturated rings. The van der Waals surface area contributed by atoms with Crippen LogP contribution in [0, 0.1) is 0 Å². The van der Waals surface area contributed by atoms with Gasteiger partial charge in [-0.25, -0.2) is 4.79 Å². The van der Waals surface area contributed by atoms with Gasteiger partial charge in [0.15, 0.2) is 0 Å². The molecule has 0 aliphatic carbocycles. The first-order valence-electron chi connectivity index (χ1n) is 5.20. The van der Waals surface area contributed by atoms with E-state index in [1.54, 1.807) is 13.1 Å². The average molecular weight is 308 g/mol. The Hall–Kier alpha value is -1.88. The predicted molar refractivity (Wildman–Crippen MR) is 71.8 cm³/mol. The van der Waals surface area contributed by atoms with Gasteiger partial charge in [0.05, 0.1) is 5.69 Å². The number of carbonyl (C=O) groups is 1. The lowest BCUT2D eigenvalue weighted by molar-refractivity contribution is 0.0694. The summed E-state index contributed by atoms with van der Waals surface area (Å²) in [6.45, 7) is 0. The Morgan fingerprint density at radius 1 is 1.17 bits per heavy atom. The Morgan fingerprint density at radius 2 is 1.78 bits per heavy atom. The molecule has 5 heteroatoms. The minimum Gasteiger partial charge on any atom is -0.477 e.